The lowest BCUT2D eigenvalue weighted by molar-refractivity contribution is -0.141. The number of guanidine groups is 1. The molecule has 0 bridgehead atoms. The molecule has 98 valence electrons. The van der Waals surface area contributed by atoms with Gasteiger partial charge >= 0.3 is 5.97 Å². The molecule has 0 aliphatic heterocycles. The highest BCUT2D eigenvalue weighted by atomic mass is 16.4. The predicted octanol–water partition coefficient (Wildman–Crippen LogP) is -0.590. The van der Waals surface area contributed by atoms with Crippen molar-refractivity contribution >= 4 is 17.8 Å². The van der Waals surface area contributed by atoms with Gasteiger partial charge in [-0.15, -0.1) is 0 Å². The number of nitrogens with zero attached hydrogens (tertiary/aromatic N) is 1. The van der Waals surface area contributed by atoms with Crippen molar-refractivity contribution in [3.8, 4) is 0 Å². The molecular formula is C10H20N4O3. The highest BCUT2D eigenvalue weighted by Crippen LogP contribution is 1.98. The molecule has 1 atom stereocenters. The van der Waals surface area contributed by atoms with Gasteiger partial charge in [-0.25, -0.2) is 4.79 Å². The van der Waals surface area contributed by atoms with Gasteiger partial charge in [0, 0.05) is 13.0 Å². The Morgan fingerprint density at radius 1 is 1.41 bits per heavy atom. The quantitative estimate of drug-likeness (QED) is 0.335. The Hall–Kier alpha value is -1.79. The number of amides is 1. The molecule has 0 aromatic carbocycles. The lowest BCUT2D eigenvalue weighted by atomic mass is 10.2. The molecule has 0 saturated carbocycles. The number of hydrogen-bond donors (Lipinski definition) is 4. The van der Waals surface area contributed by atoms with E-state index in [-0.39, 0.29) is 24.8 Å². The highest BCUT2D eigenvalue weighted by molar-refractivity contribution is 5.83. The van der Waals surface area contributed by atoms with Crippen LogP contribution in [0.1, 0.15) is 32.6 Å². The number of rotatable bonds is 8. The minimum Gasteiger partial charge on any atom is -0.480 e. The summed E-state index contributed by atoms with van der Waals surface area (Å²) in [6.07, 6.45) is 2.14. The molecule has 0 spiro atoms. The van der Waals surface area contributed by atoms with Crippen molar-refractivity contribution in [3.05, 3.63) is 0 Å². The third kappa shape index (κ3) is 8.06. The van der Waals surface area contributed by atoms with Crippen molar-refractivity contribution < 1.29 is 14.7 Å². The minimum absolute atomic E-state index is 0.0913. The van der Waals surface area contributed by atoms with E-state index in [4.69, 9.17) is 16.6 Å². The Morgan fingerprint density at radius 2 is 2.06 bits per heavy atom. The smallest absolute Gasteiger partial charge is 0.326 e. The molecular weight excluding hydrogens is 224 g/mol. The fraction of sp³-hybridized carbons (Fsp3) is 0.700. The van der Waals surface area contributed by atoms with Crippen LogP contribution in [0.25, 0.3) is 0 Å². The number of nitrogens with one attached hydrogen (secondary N) is 1. The summed E-state index contributed by atoms with van der Waals surface area (Å²) in [5.74, 6) is -1.43. The summed E-state index contributed by atoms with van der Waals surface area (Å²) in [7, 11) is 0. The van der Waals surface area contributed by atoms with Gasteiger partial charge in [0.05, 0.1) is 0 Å². The molecule has 6 N–H and O–H groups in total. The van der Waals surface area contributed by atoms with Gasteiger partial charge in [0.1, 0.15) is 6.04 Å². The molecule has 0 aliphatic rings. The Balaban J connectivity index is 4.11. The van der Waals surface area contributed by atoms with Gasteiger partial charge in [0.15, 0.2) is 5.96 Å². The summed E-state index contributed by atoms with van der Waals surface area (Å²) in [5.41, 5.74) is 10.2. The van der Waals surface area contributed by atoms with E-state index in [2.05, 4.69) is 10.3 Å². The Bertz CT molecular complexity index is 287. The number of carbonyl (C=O) groups is 2. The van der Waals surface area contributed by atoms with E-state index in [9.17, 15) is 9.59 Å². The molecule has 0 saturated heterocycles. The molecule has 0 heterocycles. The number of carboxylic acids is 1. The second kappa shape index (κ2) is 8.37. The summed E-state index contributed by atoms with van der Waals surface area (Å²) >= 11 is 0. The molecule has 7 heteroatoms. The van der Waals surface area contributed by atoms with E-state index < -0.39 is 12.0 Å². The summed E-state index contributed by atoms with van der Waals surface area (Å²) in [6.45, 7) is 2.13. The van der Waals surface area contributed by atoms with Gasteiger partial charge in [-0.1, -0.05) is 13.3 Å². The van der Waals surface area contributed by atoms with Crippen LogP contribution in [0.15, 0.2) is 4.99 Å². The number of carbonyl (C=O) groups excluding carboxylic acids is 1. The van der Waals surface area contributed by atoms with Crippen molar-refractivity contribution in [2.45, 2.75) is 38.6 Å². The van der Waals surface area contributed by atoms with Crippen LogP contribution >= 0.6 is 0 Å². The van der Waals surface area contributed by atoms with Crippen molar-refractivity contribution in [3.63, 3.8) is 0 Å². The SMILES string of the molecule is CCCCC(=O)N[C@@H](CCN=C(N)N)C(=O)O. The molecule has 1 amide bonds. The van der Waals surface area contributed by atoms with E-state index in [1.807, 2.05) is 6.92 Å². The monoisotopic (exact) mass is 244 g/mol. The average molecular weight is 244 g/mol. The van der Waals surface area contributed by atoms with Crippen molar-refractivity contribution in [2.24, 2.45) is 16.5 Å². The zero-order valence-electron chi connectivity index (χ0n) is 9.98. The van der Waals surface area contributed by atoms with Crippen LogP contribution in [0, 0.1) is 0 Å². The molecule has 0 aromatic heterocycles. The normalized spacial score (nSPS) is 11.6. The first-order chi connectivity index (χ1) is 7.97. The van der Waals surface area contributed by atoms with Gasteiger partial charge in [0.25, 0.3) is 0 Å². The topological polar surface area (TPSA) is 131 Å². The van der Waals surface area contributed by atoms with Crippen LogP contribution in [0.5, 0.6) is 0 Å². The molecule has 0 aromatic rings. The largest absolute Gasteiger partial charge is 0.480 e. The number of carboxylic acid groups (broad SMARTS) is 1. The Kier molecular flexibility index (Phi) is 7.49. The second-order valence-electron chi connectivity index (χ2n) is 3.66. The number of hydrogen-bond acceptors (Lipinski definition) is 3. The maximum atomic E-state index is 11.4. The van der Waals surface area contributed by atoms with Crippen LogP contribution in [0.3, 0.4) is 0 Å². The second-order valence-corrected chi connectivity index (χ2v) is 3.66. The first-order valence-electron chi connectivity index (χ1n) is 5.55. The summed E-state index contributed by atoms with van der Waals surface area (Å²) in [4.78, 5) is 25.9. The highest BCUT2D eigenvalue weighted by Gasteiger charge is 2.18. The average Bonchev–Trinajstić information content (AvgIpc) is 2.24. The zero-order valence-corrected chi connectivity index (χ0v) is 9.98. The molecule has 0 rings (SSSR count). The van der Waals surface area contributed by atoms with E-state index in [1.54, 1.807) is 0 Å². The van der Waals surface area contributed by atoms with Crippen molar-refractivity contribution in [1.29, 1.82) is 0 Å². The van der Waals surface area contributed by atoms with Gasteiger partial charge in [0.2, 0.25) is 5.91 Å². The summed E-state index contributed by atoms with van der Waals surface area (Å²) in [6, 6.07) is -0.942. The Labute approximate surface area is 100 Å². The number of aliphatic carboxylic acids is 1. The molecule has 0 fully saturated rings. The maximum absolute atomic E-state index is 11.4. The molecule has 7 nitrogen and oxygen atoms in total. The number of unbranched alkanes of at least 4 members (excludes halogenated alkanes) is 1. The first kappa shape index (κ1) is 15.2. The van der Waals surface area contributed by atoms with E-state index in [0.29, 0.717) is 6.42 Å². The molecule has 0 radical (unpaired) electrons. The lowest BCUT2D eigenvalue weighted by Gasteiger charge is -2.13. The molecule has 17 heavy (non-hydrogen) atoms. The first-order valence-corrected chi connectivity index (χ1v) is 5.55. The molecule has 0 aliphatic carbocycles. The Morgan fingerprint density at radius 3 is 2.53 bits per heavy atom. The van der Waals surface area contributed by atoms with E-state index in [0.717, 1.165) is 12.8 Å². The fourth-order valence-electron chi connectivity index (χ4n) is 1.18. The third-order valence-electron chi connectivity index (χ3n) is 2.10. The fourth-order valence-corrected chi connectivity index (χ4v) is 1.18. The molecule has 0 unspecified atom stereocenters. The summed E-state index contributed by atoms with van der Waals surface area (Å²) in [5, 5.41) is 11.3. The van der Waals surface area contributed by atoms with Gasteiger partial charge in [-0.05, 0) is 12.8 Å². The summed E-state index contributed by atoms with van der Waals surface area (Å²) < 4.78 is 0. The van der Waals surface area contributed by atoms with Crippen LogP contribution in [-0.4, -0.2) is 35.5 Å². The van der Waals surface area contributed by atoms with E-state index in [1.165, 1.54) is 0 Å². The third-order valence-corrected chi connectivity index (χ3v) is 2.10. The number of nitrogens with two attached hydrogens (primary N) is 2. The van der Waals surface area contributed by atoms with Gasteiger partial charge in [-0.2, -0.15) is 0 Å². The van der Waals surface area contributed by atoms with E-state index >= 15 is 0 Å². The minimum atomic E-state index is -1.08. The van der Waals surface area contributed by atoms with Gasteiger partial charge in [-0.3, -0.25) is 9.79 Å². The van der Waals surface area contributed by atoms with Crippen LogP contribution in [0.4, 0.5) is 0 Å². The number of aliphatic imine (C=N–C) groups is 1. The predicted molar refractivity (Wildman–Crippen MR) is 64.4 cm³/mol. The van der Waals surface area contributed by atoms with Crippen molar-refractivity contribution in [1.82, 2.24) is 5.32 Å². The maximum Gasteiger partial charge on any atom is 0.326 e. The van der Waals surface area contributed by atoms with Crippen molar-refractivity contribution in [2.75, 3.05) is 6.54 Å². The van der Waals surface area contributed by atoms with Crippen LogP contribution < -0.4 is 16.8 Å². The standard InChI is InChI=1S/C10H20N4O3/c1-2-3-4-8(15)14-7(9(16)17)5-6-13-10(11)12/h7H,2-6H2,1H3,(H,14,15)(H,16,17)(H4,11,12,13)/t7-/m0/s1. The zero-order chi connectivity index (χ0) is 13.3. The lowest BCUT2D eigenvalue weighted by Crippen LogP contribution is -2.41. The van der Waals surface area contributed by atoms with Gasteiger partial charge < -0.3 is 21.9 Å². The van der Waals surface area contributed by atoms with Crippen LogP contribution in [-0.2, 0) is 9.59 Å². The van der Waals surface area contributed by atoms with Crippen LogP contribution in [0.2, 0.25) is 0 Å².